The molecular formula is C25H37N5O2. The predicted octanol–water partition coefficient (Wildman–Crippen LogP) is 4.96. The number of carbonyl (C=O) groups excluding carboxylic acids is 1. The molecule has 1 saturated carbocycles. The molecule has 1 aliphatic carbocycles. The fourth-order valence-corrected chi connectivity index (χ4v) is 5.22. The molecule has 1 aliphatic heterocycles. The molecule has 1 amide bonds. The van der Waals surface area contributed by atoms with Gasteiger partial charge in [0.1, 0.15) is 18.3 Å². The molecular weight excluding hydrogens is 402 g/mol. The Balaban J connectivity index is 1.34. The molecule has 2 heterocycles. The molecule has 0 bridgehead atoms. The van der Waals surface area contributed by atoms with E-state index in [4.69, 9.17) is 4.74 Å². The number of rotatable bonds is 5. The first kappa shape index (κ1) is 22.6. The van der Waals surface area contributed by atoms with Gasteiger partial charge in [0.05, 0.1) is 5.69 Å². The van der Waals surface area contributed by atoms with Gasteiger partial charge >= 0.3 is 6.09 Å². The zero-order valence-electron chi connectivity index (χ0n) is 19.7. The zero-order valence-corrected chi connectivity index (χ0v) is 19.7. The number of amides is 1. The Bertz CT molecular complexity index is 859. The monoisotopic (exact) mass is 439 g/mol. The first-order chi connectivity index (χ1) is 15.4. The summed E-state index contributed by atoms with van der Waals surface area (Å²) in [6.45, 7) is 7.93. The standard InChI is InChI=1S/C25H37N5O2/c1-25(2,3)32-24(31)28-23-9-5-4-8-20(23)15-19-7-6-14-29(16-19)21-10-12-22(13-11-21)30-18-26-17-27-30/h10-13,17-20,23H,4-9,14-16H2,1-3H3,(H,28,31)/t19?,20-,23+/m0/s1. The fourth-order valence-electron chi connectivity index (χ4n) is 5.22. The van der Waals surface area contributed by atoms with Crippen LogP contribution in [0, 0.1) is 11.8 Å². The van der Waals surface area contributed by atoms with Gasteiger partial charge in [-0.15, -0.1) is 0 Å². The molecule has 2 aromatic rings. The Hall–Kier alpha value is -2.57. The maximum atomic E-state index is 12.4. The SMILES string of the molecule is CC(C)(C)OC(=O)N[C@@H]1CCCC[C@H]1CC1CCCN(c2ccc(-n3cncn3)cc2)C1. The van der Waals surface area contributed by atoms with E-state index >= 15 is 0 Å². The first-order valence-corrected chi connectivity index (χ1v) is 12.1. The number of hydrogen-bond acceptors (Lipinski definition) is 5. The van der Waals surface area contributed by atoms with E-state index in [-0.39, 0.29) is 12.1 Å². The van der Waals surface area contributed by atoms with Gasteiger partial charge in [0.25, 0.3) is 0 Å². The summed E-state index contributed by atoms with van der Waals surface area (Å²) in [5.74, 6) is 1.20. The maximum absolute atomic E-state index is 12.4. The summed E-state index contributed by atoms with van der Waals surface area (Å²) in [7, 11) is 0. The van der Waals surface area contributed by atoms with Crippen molar-refractivity contribution < 1.29 is 9.53 Å². The summed E-state index contributed by atoms with van der Waals surface area (Å²) >= 11 is 0. The molecule has 7 nitrogen and oxygen atoms in total. The summed E-state index contributed by atoms with van der Waals surface area (Å²) in [4.78, 5) is 18.9. The number of nitrogens with one attached hydrogen (secondary N) is 1. The second-order valence-corrected chi connectivity index (χ2v) is 10.3. The van der Waals surface area contributed by atoms with E-state index in [2.05, 4.69) is 44.6 Å². The van der Waals surface area contributed by atoms with Gasteiger partial charge in [-0.25, -0.2) is 14.5 Å². The highest BCUT2D eigenvalue weighted by molar-refractivity contribution is 5.68. The molecule has 1 aromatic heterocycles. The molecule has 32 heavy (non-hydrogen) atoms. The summed E-state index contributed by atoms with van der Waals surface area (Å²) in [6.07, 6.45) is 11.4. The van der Waals surface area contributed by atoms with Crippen molar-refractivity contribution in [2.24, 2.45) is 11.8 Å². The van der Waals surface area contributed by atoms with Gasteiger partial charge in [0.15, 0.2) is 0 Å². The molecule has 2 fully saturated rings. The Morgan fingerprint density at radius 1 is 1.09 bits per heavy atom. The maximum Gasteiger partial charge on any atom is 0.407 e. The van der Waals surface area contributed by atoms with Gasteiger partial charge in [-0.2, -0.15) is 5.10 Å². The number of alkyl carbamates (subject to hydrolysis) is 1. The molecule has 7 heteroatoms. The molecule has 174 valence electrons. The smallest absolute Gasteiger partial charge is 0.407 e. The molecule has 4 rings (SSSR count). The number of carbonyl (C=O) groups is 1. The van der Waals surface area contributed by atoms with Crippen molar-refractivity contribution in [3.8, 4) is 5.69 Å². The van der Waals surface area contributed by atoms with Gasteiger partial charge in [-0.1, -0.05) is 12.8 Å². The predicted molar refractivity (Wildman–Crippen MR) is 126 cm³/mol. The normalized spacial score (nSPS) is 24.2. The number of nitrogens with zero attached hydrogens (tertiary/aromatic N) is 4. The quantitative estimate of drug-likeness (QED) is 0.713. The minimum atomic E-state index is -0.457. The van der Waals surface area contributed by atoms with E-state index in [1.807, 2.05) is 20.8 Å². The topological polar surface area (TPSA) is 72.3 Å². The first-order valence-electron chi connectivity index (χ1n) is 12.1. The third-order valence-corrected chi connectivity index (χ3v) is 6.66. The summed E-state index contributed by atoms with van der Waals surface area (Å²) in [5, 5.41) is 7.40. The van der Waals surface area contributed by atoms with Crippen LogP contribution in [0.1, 0.15) is 65.7 Å². The molecule has 0 radical (unpaired) electrons. The minimum Gasteiger partial charge on any atom is -0.444 e. The molecule has 2 aliphatic rings. The van der Waals surface area contributed by atoms with Crippen molar-refractivity contribution in [2.45, 2.75) is 77.4 Å². The summed E-state index contributed by atoms with van der Waals surface area (Å²) in [5.41, 5.74) is 1.84. The molecule has 1 N–H and O–H groups in total. The third-order valence-electron chi connectivity index (χ3n) is 6.66. The van der Waals surface area contributed by atoms with Crippen LogP contribution in [0.2, 0.25) is 0 Å². The van der Waals surface area contributed by atoms with Gasteiger partial charge in [0, 0.05) is 24.8 Å². The Labute approximate surface area is 191 Å². The number of aromatic nitrogens is 3. The van der Waals surface area contributed by atoms with Crippen molar-refractivity contribution in [3.63, 3.8) is 0 Å². The van der Waals surface area contributed by atoms with Crippen LogP contribution in [0.25, 0.3) is 5.69 Å². The van der Waals surface area contributed by atoms with E-state index < -0.39 is 5.60 Å². The average molecular weight is 440 g/mol. The van der Waals surface area contributed by atoms with E-state index in [9.17, 15) is 4.79 Å². The summed E-state index contributed by atoms with van der Waals surface area (Å²) < 4.78 is 7.30. The highest BCUT2D eigenvalue weighted by Crippen LogP contribution is 2.34. The van der Waals surface area contributed by atoms with Crippen LogP contribution in [0.4, 0.5) is 10.5 Å². The summed E-state index contributed by atoms with van der Waals surface area (Å²) in [6, 6.07) is 8.82. The number of benzene rings is 1. The van der Waals surface area contributed by atoms with Gasteiger partial charge in [-0.05, 0) is 89.0 Å². The lowest BCUT2D eigenvalue weighted by Gasteiger charge is -2.39. The van der Waals surface area contributed by atoms with Gasteiger partial charge in [0.2, 0.25) is 0 Å². The third kappa shape index (κ3) is 6.02. The largest absolute Gasteiger partial charge is 0.444 e. The second kappa shape index (κ2) is 9.92. The second-order valence-electron chi connectivity index (χ2n) is 10.3. The number of anilines is 1. The van der Waals surface area contributed by atoms with E-state index in [0.29, 0.717) is 11.8 Å². The molecule has 0 spiro atoms. The van der Waals surface area contributed by atoms with E-state index in [0.717, 1.165) is 25.2 Å². The highest BCUT2D eigenvalue weighted by atomic mass is 16.6. The highest BCUT2D eigenvalue weighted by Gasteiger charge is 2.31. The molecule has 1 unspecified atom stereocenters. The van der Waals surface area contributed by atoms with Crippen LogP contribution >= 0.6 is 0 Å². The molecule has 3 atom stereocenters. The van der Waals surface area contributed by atoms with Crippen LogP contribution in [0.3, 0.4) is 0 Å². The number of piperidine rings is 1. The minimum absolute atomic E-state index is 0.232. The average Bonchev–Trinajstić information content (AvgIpc) is 3.29. The lowest BCUT2D eigenvalue weighted by molar-refractivity contribution is 0.0460. The van der Waals surface area contributed by atoms with Gasteiger partial charge in [-0.3, -0.25) is 0 Å². The van der Waals surface area contributed by atoms with Crippen molar-refractivity contribution in [1.29, 1.82) is 0 Å². The number of ether oxygens (including phenoxy) is 1. The van der Waals surface area contributed by atoms with Crippen molar-refractivity contribution in [1.82, 2.24) is 20.1 Å². The zero-order chi connectivity index (χ0) is 22.6. The number of hydrogen-bond donors (Lipinski definition) is 1. The Kier molecular flexibility index (Phi) is 7.01. The lowest BCUT2D eigenvalue weighted by atomic mass is 9.77. The van der Waals surface area contributed by atoms with Crippen LogP contribution in [-0.4, -0.2) is 45.6 Å². The van der Waals surface area contributed by atoms with Crippen LogP contribution < -0.4 is 10.2 Å². The van der Waals surface area contributed by atoms with Gasteiger partial charge < -0.3 is 15.0 Å². The van der Waals surface area contributed by atoms with Crippen LogP contribution in [-0.2, 0) is 4.74 Å². The molecule has 1 aromatic carbocycles. The van der Waals surface area contributed by atoms with Crippen molar-refractivity contribution >= 4 is 11.8 Å². The van der Waals surface area contributed by atoms with Crippen LogP contribution in [0.15, 0.2) is 36.9 Å². The fraction of sp³-hybridized carbons (Fsp3) is 0.640. The van der Waals surface area contributed by atoms with Crippen molar-refractivity contribution in [3.05, 3.63) is 36.9 Å². The molecule has 1 saturated heterocycles. The Morgan fingerprint density at radius 3 is 2.56 bits per heavy atom. The van der Waals surface area contributed by atoms with E-state index in [1.54, 1.807) is 17.3 Å². The van der Waals surface area contributed by atoms with Crippen LogP contribution in [0.5, 0.6) is 0 Å². The van der Waals surface area contributed by atoms with E-state index in [1.165, 1.54) is 44.2 Å². The lowest BCUT2D eigenvalue weighted by Crippen LogP contribution is -2.46. The Morgan fingerprint density at radius 2 is 1.84 bits per heavy atom. The van der Waals surface area contributed by atoms with Crippen molar-refractivity contribution in [2.75, 3.05) is 18.0 Å².